The fourth-order valence-electron chi connectivity index (χ4n) is 0.552. The highest BCUT2D eigenvalue weighted by atomic mass is 32.2. The monoisotopic (exact) mass is 174 g/mol. The Bertz CT molecular complexity index is 176. The maximum Gasteiger partial charge on any atom is 0.119 e. The molecule has 0 spiro atoms. The highest BCUT2D eigenvalue weighted by molar-refractivity contribution is 7.85. The minimum absolute atomic E-state index is 0.242. The molecule has 0 amide bonds. The zero-order valence-electron chi connectivity index (χ0n) is 6.91. The Morgan fingerprint density at radius 1 is 1.64 bits per heavy atom. The van der Waals surface area contributed by atoms with Crippen molar-refractivity contribution in [2.45, 2.75) is 19.1 Å². The van der Waals surface area contributed by atoms with Crippen molar-refractivity contribution >= 4 is 10.8 Å². The van der Waals surface area contributed by atoms with E-state index in [1.54, 1.807) is 6.92 Å². The summed E-state index contributed by atoms with van der Waals surface area (Å²) < 4.78 is 11.2. The van der Waals surface area contributed by atoms with Crippen LogP contribution in [-0.4, -0.2) is 21.8 Å². The van der Waals surface area contributed by atoms with Gasteiger partial charge in [0.15, 0.2) is 0 Å². The van der Waals surface area contributed by atoms with E-state index < -0.39 is 10.8 Å². The van der Waals surface area contributed by atoms with Crippen molar-refractivity contribution in [1.82, 2.24) is 0 Å². The number of nitriles is 1. The van der Waals surface area contributed by atoms with Crippen LogP contribution in [0.3, 0.4) is 0 Å². The highest BCUT2D eigenvalue weighted by Gasteiger charge is 2.12. The summed E-state index contributed by atoms with van der Waals surface area (Å²) in [4.78, 5) is 0. The van der Waals surface area contributed by atoms with Crippen LogP contribution in [0.15, 0.2) is 0 Å². The van der Waals surface area contributed by atoms with Crippen LogP contribution in [-0.2, 0) is 10.8 Å². The van der Waals surface area contributed by atoms with E-state index in [-0.39, 0.29) is 11.2 Å². The van der Waals surface area contributed by atoms with Gasteiger partial charge < -0.3 is 5.73 Å². The second-order valence-electron chi connectivity index (χ2n) is 2.66. The van der Waals surface area contributed by atoms with Gasteiger partial charge in [0, 0.05) is 16.6 Å². The first-order valence-electron chi connectivity index (χ1n) is 3.58. The summed E-state index contributed by atoms with van der Waals surface area (Å²) in [5, 5.41) is 8.05. The molecule has 3 atom stereocenters. The van der Waals surface area contributed by atoms with E-state index in [0.717, 1.165) is 0 Å². The van der Waals surface area contributed by atoms with Crippen LogP contribution in [0.1, 0.15) is 13.8 Å². The van der Waals surface area contributed by atoms with Gasteiger partial charge in [-0.3, -0.25) is 4.21 Å². The maximum atomic E-state index is 11.2. The van der Waals surface area contributed by atoms with Crippen LogP contribution in [0.5, 0.6) is 0 Å². The molecule has 64 valence electrons. The summed E-state index contributed by atoms with van der Waals surface area (Å²) in [6, 6.07) is 1.95. The van der Waals surface area contributed by atoms with E-state index in [9.17, 15) is 4.21 Å². The summed E-state index contributed by atoms with van der Waals surface area (Å²) >= 11 is 0. The van der Waals surface area contributed by atoms with E-state index in [0.29, 0.717) is 12.3 Å². The van der Waals surface area contributed by atoms with Crippen molar-refractivity contribution in [2.75, 3.05) is 12.3 Å². The summed E-state index contributed by atoms with van der Waals surface area (Å²) in [5.41, 5.74) is 5.34. The molecule has 0 bridgehead atoms. The third-order valence-electron chi connectivity index (χ3n) is 1.43. The van der Waals surface area contributed by atoms with Crippen LogP contribution in [0.4, 0.5) is 0 Å². The molecule has 0 aromatic rings. The first-order valence-corrected chi connectivity index (χ1v) is 4.96. The molecule has 0 aliphatic carbocycles. The van der Waals surface area contributed by atoms with Crippen LogP contribution in [0.2, 0.25) is 0 Å². The van der Waals surface area contributed by atoms with Crippen LogP contribution in [0, 0.1) is 17.2 Å². The van der Waals surface area contributed by atoms with Gasteiger partial charge >= 0.3 is 0 Å². The molecule has 0 aliphatic rings. The summed E-state index contributed by atoms with van der Waals surface area (Å²) in [5.74, 6) is 0.775. The Kier molecular flexibility index (Phi) is 5.08. The standard InChI is InChI=1S/C7H14N2OS/c1-6(3-8)5-11(10)7(2)4-9/h6-7H,3,5,8H2,1-2H3. The van der Waals surface area contributed by atoms with Crippen molar-refractivity contribution in [3.05, 3.63) is 0 Å². The molecule has 2 N–H and O–H groups in total. The van der Waals surface area contributed by atoms with Crippen molar-refractivity contribution < 1.29 is 4.21 Å². The van der Waals surface area contributed by atoms with Gasteiger partial charge in [-0.25, -0.2) is 0 Å². The number of rotatable bonds is 4. The number of hydrogen-bond acceptors (Lipinski definition) is 3. The topological polar surface area (TPSA) is 66.9 Å². The first kappa shape index (κ1) is 10.6. The zero-order valence-corrected chi connectivity index (χ0v) is 7.73. The van der Waals surface area contributed by atoms with Crippen molar-refractivity contribution in [3.8, 4) is 6.07 Å². The highest BCUT2D eigenvalue weighted by Crippen LogP contribution is 2.00. The van der Waals surface area contributed by atoms with Gasteiger partial charge in [0.2, 0.25) is 0 Å². The minimum Gasteiger partial charge on any atom is -0.330 e. The SMILES string of the molecule is CC(CN)CS(=O)C(C)C#N. The molecule has 3 unspecified atom stereocenters. The van der Waals surface area contributed by atoms with E-state index >= 15 is 0 Å². The number of hydrogen-bond donors (Lipinski definition) is 1. The lowest BCUT2D eigenvalue weighted by Gasteiger charge is -2.08. The summed E-state index contributed by atoms with van der Waals surface area (Å²) in [6.45, 7) is 4.13. The second-order valence-corrected chi connectivity index (χ2v) is 4.46. The molecule has 0 saturated carbocycles. The normalized spacial score (nSPS) is 18.4. The number of nitrogens with two attached hydrogens (primary N) is 1. The lowest BCUT2D eigenvalue weighted by atomic mass is 10.2. The maximum absolute atomic E-state index is 11.2. The summed E-state index contributed by atoms with van der Waals surface area (Å²) in [6.07, 6.45) is 0. The quantitative estimate of drug-likeness (QED) is 0.664. The van der Waals surface area contributed by atoms with Gasteiger partial charge in [0.05, 0.1) is 6.07 Å². The molecule has 0 aromatic heterocycles. The average molecular weight is 174 g/mol. The fourth-order valence-corrected chi connectivity index (χ4v) is 1.65. The molecule has 0 radical (unpaired) electrons. The second kappa shape index (κ2) is 5.28. The summed E-state index contributed by atoms with van der Waals surface area (Å²) in [7, 11) is -1.04. The van der Waals surface area contributed by atoms with Crippen molar-refractivity contribution in [2.24, 2.45) is 11.7 Å². The van der Waals surface area contributed by atoms with Gasteiger partial charge in [0.1, 0.15) is 5.25 Å². The van der Waals surface area contributed by atoms with Gasteiger partial charge in [-0.05, 0) is 19.4 Å². The Labute approximate surface area is 70.0 Å². The molecule has 0 saturated heterocycles. The third-order valence-corrected chi connectivity index (χ3v) is 3.22. The molecular weight excluding hydrogens is 160 g/mol. The van der Waals surface area contributed by atoms with Crippen LogP contribution < -0.4 is 5.73 Å². The van der Waals surface area contributed by atoms with Crippen molar-refractivity contribution in [3.63, 3.8) is 0 Å². The molecule has 0 aliphatic heterocycles. The Morgan fingerprint density at radius 3 is 2.55 bits per heavy atom. The Morgan fingerprint density at radius 2 is 2.18 bits per heavy atom. The molecule has 0 aromatic carbocycles. The Hall–Kier alpha value is -0.400. The molecule has 3 nitrogen and oxygen atoms in total. The predicted octanol–water partition coefficient (Wildman–Crippen LogP) is 0.242. The van der Waals surface area contributed by atoms with Gasteiger partial charge in [-0.15, -0.1) is 0 Å². The van der Waals surface area contributed by atoms with E-state index in [4.69, 9.17) is 11.0 Å². The first-order chi connectivity index (χ1) is 5.11. The Balaban J connectivity index is 3.80. The van der Waals surface area contributed by atoms with Crippen LogP contribution >= 0.6 is 0 Å². The zero-order chi connectivity index (χ0) is 8.85. The van der Waals surface area contributed by atoms with E-state index in [2.05, 4.69) is 0 Å². The van der Waals surface area contributed by atoms with Crippen molar-refractivity contribution in [1.29, 1.82) is 5.26 Å². The smallest absolute Gasteiger partial charge is 0.119 e. The van der Waals surface area contributed by atoms with Gasteiger partial charge in [-0.1, -0.05) is 6.92 Å². The molecule has 11 heavy (non-hydrogen) atoms. The average Bonchev–Trinajstić information content (AvgIpc) is 2.02. The largest absolute Gasteiger partial charge is 0.330 e. The fraction of sp³-hybridized carbons (Fsp3) is 0.857. The van der Waals surface area contributed by atoms with Gasteiger partial charge in [0.25, 0.3) is 0 Å². The molecule has 0 fully saturated rings. The van der Waals surface area contributed by atoms with Crippen LogP contribution in [0.25, 0.3) is 0 Å². The lowest BCUT2D eigenvalue weighted by molar-refractivity contribution is 0.638. The molecule has 0 rings (SSSR count). The minimum atomic E-state index is -1.04. The molecule has 0 heterocycles. The lowest BCUT2D eigenvalue weighted by Crippen LogP contribution is -2.22. The molecular formula is C7H14N2OS. The van der Waals surface area contributed by atoms with Gasteiger partial charge in [-0.2, -0.15) is 5.26 Å². The molecule has 4 heteroatoms. The third kappa shape index (κ3) is 4.12. The predicted molar refractivity (Wildman–Crippen MR) is 46.3 cm³/mol. The number of nitrogens with zero attached hydrogens (tertiary/aromatic N) is 1. The van der Waals surface area contributed by atoms with E-state index in [1.807, 2.05) is 13.0 Å². The van der Waals surface area contributed by atoms with E-state index in [1.165, 1.54) is 0 Å².